The van der Waals surface area contributed by atoms with Gasteiger partial charge in [-0.25, -0.2) is 0 Å². The van der Waals surface area contributed by atoms with Crippen molar-refractivity contribution in [2.24, 2.45) is 0 Å². The predicted octanol–water partition coefficient (Wildman–Crippen LogP) is 3.24. The molecule has 120 valence electrons. The second kappa shape index (κ2) is 6.86. The average molecular weight is 347 g/mol. The molecule has 0 aromatic heterocycles. The molecule has 2 heterocycles. The molecule has 0 radical (unpaired) electrons. The second-order valence-corrected chi connectivity index (χ2v) is 6.94. The molecular formula is C17H17NO3S2. The summed E-state index contributed by atoms with van der Waals surface area (Å²) in [6, 6.07) is 7.87. The normalized spacial score (nSPS) is 22.2. The molecule has 0 N–H and O–H groups in total. The van der Waals surface area contributed by atoms with Crippen molar-refractivity contribution < 1.29 is 14.3 Å². The molecule has 6 heteroatoms. The van der Waals surface area contributed by atoms with Gasteiger partial charge < -0.3 is 9.47 Å². The molecule has 1 saturated heterocycles. The Kier molecular flexibility index (Phi) is 4.84. The Morgan fingerprint density at radius 1 is 1.43 bits per heavy atom. The third-order valence-corrected chi connectivity index (χ3v) is 5.08. The predicted molar refractivity (Wildman–Crippen MR) is 96.4 cm³/mol. The maximum atomic E-state index is 12.5. The highest BCUT2D eigenvalue weighted by atomic mass is 32.2. The van der Waals surface area contributed by atoms with E-state index in [4.69, 9.17) is 21.7 Å². The number of carbonyl (C=O) groups excluding carboxylic acids is 1. The van der Waals surface area contributed by atoms with Crippen LogP contribution in [-0.4, -0.2) is 41.5 Å². The largest absolute Gasteiger partial charge is 0.485 e. The van der Waals surface area contributed by atoms with Crippen LogP contribution in [-0.2, 0) is 9.53 Å². The van der Waals surface area contributed by atoms with Crippen LogP contribution in [0.15, 0.2) is 40.8 Å². The zero-order chi connectivity index (χ0) is 16.4. The minimum atomic E-state index is -0.104. The van der Waals surface area contributed by atoms with Gasteiger partial charge in [-0.2, -0.15) is 0 Å². The highest BCUT2D eigenvalue weighted by Gasteiger charge is 2.32. The Labute approximate surface area is 145 Å². The van der Waals surface area contributed by atoms with Crippen LogP contribution < -0.4 is 4.74 Å². The van der Waals surface area contributed by atoms with Crippen LogP contribution in [0.5, 0.6) is 5.75 Å². The van der Waals surface area contributed by atoms with E-state index in [9.17, 15) is 4.79 Å². The van der Waals surface area contributed by atoms with Gasteiger partial charge in [0.05, 0.1) is 18.1 Å². The standard InChI is InChI=1S/C17H17NO3S2/c1-11-13(9-12-5-3-4-6-14(12)21-11)10-15-16(19)18(7-8-20-2)17(22)23-15/h3-6,9-11H,7-8H2,1-2H3. The monoisotopic (exact) mass is 347 g/mol. The molecule has 0 saturated carbocycles. The maximum absolute atomic E-state index is 12.5. The number of ether oxygens (including phenoxy) is 2. The summed E-state index contributed by atoms with van der Waals surface area (Å²) >= 11 is 6.62. The molecule has 2 aliphatic heterocycles. The molecule has 1 aromatic rings. The van der Waals surface area contributed by atoms with E-state index in [-0.39, 0.29) is 12.0 Å². The fraction of sp³-hybridized carbons (Fsp3) is 0.294. The van der Waals surface area contributed by atoms with E-state index in [1.165, 1.54) is 11.8 Å². The van der Waals surface area contributed by atoms with E-state index < -0.39 is 0 Å². The molecule has 1 aromatic carbocycles. The SMILES string of the molecule is COCCN1C(=O)C(=CC2=Cc3ccccc3OC2C)SC1=S. The summed E-state index contributed by atoms with van der Waals surface area (Å²) in [7, 11) is 1.61. The zero-order valence-electron chi connectivity index (χ0n) is 12.9. The van der Waals surface area contributed by atoms with E-state index in [2.05, 4.69) is 6.08 Å². The number of benzene rings is 1. The van der Waals surface area contributed by atoms with Crippen molar-refractivity contribution >= 4 is 40.3 Å². The zero-order valence-corrected chi connectivity index (χ0v) is 14.6. The number of thiocarbonyl (C=S) groups is 1. The van der Waals surface area contributed by atoms with Gasteiger partial charge in [-0.1, -0.05) is 42.2 Å². The molecule has 23 heavy (non-hydrogen) atoms. The third kappa shape index (κ3) is 3.34. The van der Waals surface area contributed by atoms with E-state index >= 15 is 0 Å². The van der Waals surface area contributed by atoms with E-state index in [0.29, 0.717) is 22.4 Å². The Morgan fingerprint density at radius 2 is 2.22 bits per heavy atom. The quantitative estimate of drug-likeness (QED) is 0.618. The van der Waals surface area contributed by atoms with Crippen molar-refractivity contribution in [1.29, 1.82) is 0 Å². The van der Waals surface area contributed by atoms with Gasteiger partial charge in [0.1, 0.15) is 16.2 Å². The maximum Gasteiger partial charge on any atom is 0.266 e. The summed E-state index contributed by atoms with van der Waals surface area (Å²) in [6.45, 7) is 2.92. The minimum absolute atomic E-state index is 0.0657. The molecule has 1 fully saturated rings. The van der Waals surface area contributed by atoms with Crippen LogP contribution in [0.25, 0.3) is 6.08 Å². The van der Waals surface area contributed by atoms with Crippen LogP contribution in [0.4, 0.5) is 0 Å². The van der Waals surface area contributed by atoms with Gasteiger partial charge in [-0.3, -0.25) is 9.69 Å². The lowest BCUT2D eigenvalue weighted by Gasteiger charge is -2.23. The first kappa shape index (κ1) is 16.2. The first-order valence-electron chi connectivity index (χ1n) is 7.31. The molecule has 0 bridgehead atoms. The molecule has 0 spiro atoms. The summed E-state index contributed by atoms with van der Waals surface area (Å²) in [5.74, 6) is 0.800. The number of amides is 1. The molecule has 1 amide bonds. The lowest BCUT2D eigenvalue weighted by atomic mass is 10.0. The Balaban J connectivity index is 1.86. The van der Waals surface area contributed by atoms with Crippen molar-refractivity contribution in [3.8, 4) is 5.75 Å². The van der Waals surface area contributed by atoms with Crippen molar-refractivity contribution in [1.82, 2.24) is 4.90 Å². The van der Waals surface area contributed by atoms with Gasteiger partial charge in [0, 0.05) is 12.7 Å². The van der Waals surface area contributed by atoms with Gasteiger partial charge in [-0.15, -0.1) is 0 Å². The number of para-hydroxylation sites is 1. The summed E-state index contributed by atoms with van der Waals surface area (Å²) in [5, 5.41) is 0. The van der Waals surface area contributed by atoms with E-state index in [0.717, 1.165) is 16.9 Å². The van der Waals surface area contributed by atoms with Crippen LogP contribution in [0.1, 0.15) is 12.5 Å². The van der Waals surface area contributed by atoms with Crippen molar-refractivity contribution in [3.05, 3.63) is 46.4 Å². The lowest BCUT2D eigenvalue weighted by molar-refractivity contribution is -0.122. The number of thioether (sulfide) groups is 1. The van der Waals surface area contributed by atoms with Gasteiger partial charge in [0.25, 0.3) is 5.91 Å². The fourth-order valence-electron chi connectivity index (χ4n) is 2.45. The number of rotatable bonds is 4. The van der Waals surface area contributed by atoms with E-state index in [1.807, 2.05) is 37.3 Å². The minimum Gasteiger partial charge on any atom is -0.485 e. The van der Waals surface area contributed by atoms with Crippen LogP contribution in [0.2, 0.25) is 0 Å². The molecule has 1 unspecified atom stereocenters. The van der Waals surface area contributed by atoms with Gasteiger partial charge >= 0.3 is 0 Å². The van der Waals surface area contributed by atoms with E-state index in [1.54, 1.807) is 12.0 Å². The number of fused-ring (bicyclic) bond motifs is 1. The molecule has 0 aliphatic carbocycles. The first-order chi connectivity index (χ1) is 11.1. The Bertz CT molecular complexity index is 712. The fourth-order valence-corrected chi connectivity index (χ4v) is 3.76. The average Bonchev–Trinajstić information content (AvgIpc) is 2.80. The summed E-state index contributed by atoms with van der Waals surface area (Å²) in [5.41, 5.74) is 1.99. The number of hydrogen-bond acceptors (Lipinski definition) is 5. The van der Waals surface area contributed by atoms with Gasteiger partial charge in [0.2, 0.25) is 0 Å². The summed E-state index contributed by atoms with van der Waals surface area (Å²) in [6.07, 6.45) is 3.84. The Morgan fingerprint density at radius 3 is 3.00 bits per heavy atom. The van der Waals surface area contributed by atoms with Gasteiger partial charge in [0.15, 0.2) is 0 Å². The van der Waals surface area contributed by atoms with Crippen LogP contribution in [0, 0.1) is 0 Å². The van der Waals surface area contributed by atoms with Crippen LogP contribution >= 0.6 is 24.0 Å². The van der Waals surface area contributed by atoms with Gasteiger partial charge in [-0.05, 0) is 30.7 Å². The number of methoxy groups -OCH3 is 1. The molecule has 2 aliphatic rings. The number of nitrogens with zero attached hydrogens (tertiary/aromatic N) is 1. The Hall–Kier alpha value is -1.63. The number of carbonyl (C=O) groups is 1. The highest BCUT2D eigenvalue weighted by molar-refractivity contribution is 8.26. The topological polar surface area (TPSA) is 38.8 Å². The molecular weight excluding hydrogens is 330 g/mol. The summed E-state index contributed by atoms with van der Waals surface area (Å²) < 4.78 is 11.5. The number of hydrogen-bond donors (Lipinski definition) is 0. The first-order valence-corrected chi connectivity index (χ1v) is 8.54. The van der Waals surface area contributed by atoms with Crippen molar-refractivity contribution in [2.75, 3.05) is 20.3 Å². The molecule has 4 nitrogen and oxygen atoms in total. The molecule has 1 atom stereocenters. The van der Waals surface area contributed by atoms with Crippen LogP contribution in [0.3, 0.4) is 0 Å². The lowest BCUT2D eigenvalue weighted by Crippen LogP contribution is -2.31. The molecule has 3 rings (SSSR count). The third-order valence-electron chi connectivity index (χ3n) is 3.70. The smallest absolute Gasteiger partial charge is 0.266 e. The van der Waals surface area contributed by atoms with Crippen molar-refractivity contribution in [3.63, 3.8) is 0 Å². The van der Waals surface area contributed by atoms with Crippen molar-refractivity contribution in [2.45, 2.75) is 13.0 Å². The second-order valence-electron chi connectivity index (χ2n) is 5.27. The highest BCUT2D eigenvalue weighted by Crippen LogP contribution is 2.35. The summed E-state index contributed by atoms with van der Waals surface area (Å²) in [4.78, 5) is 14.7.